The Morgan fingerprint density at radius 3 is 1.20 bits per heavy atom. The van der Waals surface area contributed by atoms with Crippen molar-refractivity contribution in [3.05, 3.63) is 158 Å². The Kier molecular flexibility index (Phi) is 4.38. The van der Waals surface area contributed by atoms with E-state index in [1.807, 2.05) is 0 Å². The van der Waals surface area contributed by atoms with E-state index in [2.05, 4.69) is 177 Å². The van der Waals surface area contributed by atoms with Crippen LogP contribution in [0.4, 0.5) is 34.1 Å². The molecule has 244 valence electrons. The van der Waals surface area contributed by atoms with E-state index in [1.54, 1.807) is 0 Å². The summed E-state index contributed by atoms with van der Waals surface area (Å²) < 4.78 is 5.23. The summed E-state index contributed by atoms with van der Waals surface area (Å²) >= 11 is 0. The van der Waals surface area contributed by atoms with Gasteiger partial charge in [-0.3, -0.25) is 0 Å². The highest BCUT2D eigenvalue weighted by Gasteiger charge is 2.55. The van der Waals surface area contributed by atoms with Crippen LogP contribution in [0.1, 0.15) is 0 Å². The number of hydrogen-bond donors (Lipinski definition) is 0. The molecule has 0 atom stereocenters. The third kappa shape index (κ3) is 2.73. The molecule has 10 aromatic rings. The second kappa shape index (κ2) is 8.82. The first-order valence-corrected chi connectivity index (χ1v) is 19.0. The maximum absolute atomic E-state index is 2.62. The van der Waals surface area contributed by atoms with E-state index in [0.29, 0.717) is 0 Å². The Morgan fingerprint density at radius 1 is 0.296 bits per heavy atom. The summed E-state index contributed by atoms with van der Waals surface area (Å²) in [5.41, 5.74) is 24.1. The lowest BCUT2D eigenvalue weighted by molar-refractivity contribution is 1.14. The molecular formula is C48H26B2N4. The standard InChI is InChI=1S/C48H26B2N4/c1-3-13-27(14-4-1)51-35-21-11-22-36-41(35)49-43-39(51)25-31-29-17-7-9-19-33(29)53-37-23-12-24-38-42(37)50(45(43)47(31)53)46-44(49)40(52(36)28-15-5-2-6-16-28)26-32-30-18-8-10-20-34(30)54(38)48(32)46/h1-26H. The van der Waals surface area contributed by atoms with Crippen LogP contribution in [0.2, 0.25) is 0 Å². The molecule has 5 aliphatic heterocycles. The van der Waals surface area contributed by atoms with E-state index >= 15 is 0 Å². The molecule has 0 aliphatic carbocycles. The monoisotopic (exact) mass is 680 g/mol. The van der Waals surface area contributed by atoms with Crippen molar-refractivity contribution in [1.82, 2.24) is 9.13 Å². The van der Waals surface area contributed by atoms with Gasteiger partial charge in [-0.1, -0.05) is 84.9 Å². The fraction of sp³-hybridized carbons (Fsp3) is 0. The summed E-state index contributed by atoms with van der Waals surface area (Å²) in [5.74, 6) is 0. The number of fused-ring (bicyclic) bond motifs is 8. The quantitative estimate of drug-likeness (QED) is 0.177. The SMILES string of the molecule is c1ccc(N2c3cccc4c3B3c5c2cc2c6ccccc6n6c2c5B2c5c-6cccc5-n5c6ccccc6c6cc(c3c2c65)N4c2ccccc2)cc1. The van der Waals surface area contributed by atoms with Crippen LogP contribution < -0.4 is 42.6 Å². The molecule has 8 aromatic carbocycles. The summed E-state index contributed by atoms with van der Waals surface area (Å²) in [4.78, 5) is 5.15. The minimum absolute atomic E-state index is 0.0842. The van der Waals surface area contributed by atoms with Gasteiger partial charge in [-0.2, -0.15) is 0 Å². The van der Waals surface area contributed by atoms with Crippen LogP contribution >= 0.6 is 0 Å². The molecule has 0 fully saturated rings. The normalized spacial score (nSPS) is 14.5. The molecule has 0 saturated carbocycles. The first kappa shape index (κ1) is 26.8. The second-order valence-electron chi connectivity index (χ2n) is 15.6. The van der Waals surface area contributed by atoms with E-state index in [9.17, 15) is 0 Å². The number of nitrogens with zero attached hydrogens (tertiary/aromatic N) is 4. The number of hydrogen-bond acceptors (Lipinski definition) is 2. The Labute approximate surface area is 310 Å². The van der Waals surface area contributed by atoms with Crippen molar-refractivity contribution in [3.63, 3.8) is 0 Å². The van der Waals surface area contributed by atoms with E-state index < -0.39 is 0 Å². The number of rotatable bonds is 2. The Bertz CT molecular complexity index is 3200. The summed E-state index contributed by atoms with van der Waals surface area (Å²) in [6.07, 6.45) is 0. The maximum atomic E-state index is 2.62. The summed E-state index contributed by atoms with van der Waals surface area (Å²) in [5, 5.41) is 5.28. The van der Waals surface area contributed by atoms with Gasteiger partial charge in [-0.15, -0.1) is 0 Å². The van der Waals surface area contributed by atoms with Gasteiger partial charge in [0.25, 0.3) is 13.4 Å². The van der Waals surface area contributed by atoms with Crippen molar-refractivity contribution in [2.75, 3.05) is 9.80 Å². The lowest BCUT2D eigenvalue weighted by Crippen LogP contribution is -2.80. The average molecular weight is 680 g/mol. The third-order valence-corrected chi connectivity index (χ3v) is 13.4. The minimum Gasteiger partial charge on any atom is -0.311 e. The fourth-order valence-electron chi connectivity index (χ4n) is 11.7. The zero-order chi connectivity index (χ0) is 34.6. The van der Waals surface area contributed by atoms with Gasteiger partial charge in [0.1, 0.15) is 0 Å². The first-order valence-electron chi connectivity index (χ1n) is 19.0. The van der Waals surface area contributed by atoms with Crippen molar-refractivity contribution in [2.24, 2.45) is 0 Å². The van der Waals surface area contributed by atoms with Gasteiger partial charge in [0.15, 0.2) is 0 Å². The van der Waals surface area contributed by atoms with Crippen LogP contribution in [0, 0.1) is 0 Å². The minimum atomic E-state index is 0.0842. The van der Waals surface area contributed by atoms with Gasteiger partial charge in [0, 0.05) is 78.1 Å². The van der Waals surface area contributed by atoms with Crippen molar-refractivity contribution in [3.8, 4) is 11.4 Å². The zero-order valence-corrected chi connectivity index (χ0v) is 29.0. The number of para-hydroxylation sites is 4. The Balaban J connectivity index is 1.25. The van der Waals surface area contributed by atoms with Gasteiger partial charge in [0.2, 0.25) is 0 Å². The molecule has 0 bridgehead atoms. The summed E-state index contributed by atoms with van der Waals surface area (Å²) in [6.45, 7) is 0.180. The van der Waals surface area contributed by atoms with Crippen molar-refractivity contribution < 1.29 is 0 Å². The smallest absolute Gasteiger partial charge is 0.251 e. The highest BCUT2D eigenvalue weighted by Crippen LogP contribution is 2.49. The lowest BCUT2D eigenvalue weighted by atomic mass is 9.18. The predicted molar refractivity (Wildman–Crippen MR) is 227 cm³/mol. The molecule has 6 heteroatoms. The van der Waals surface area contributed by atoms with Crippen LogP contribution in [0.25, 0.3) is 55.0 Å². The molecule has 0 spiro atoms. The molecule has 0 amide bonds. The van der Waals surface area contributed by atoms with Gasteiger partial charge >= 0.3 is 0 Å². The average Bonchev–Trinajstić information content (AvgIpc) is 3.75. The van der Waals surface area contributed by atoms with Gasteiger partial charge < -0.3 is 18.9 Å². The fourth-order valence-corrected chi connectivity index (χ4v) is 11.7. The second-order valence-corrected chi connectivity index (χ2v) is 15.6. The third-order valence-electron chi connectivity index (χ3n) is 13.4. The van der Waals surface area contributed by atoms with Gasteiger partial charge in [-0.25, -0.2) is 0 Å². The van der Waals surface area contributed by atoms with Crippen molar-refractivity contribution >= 4 is 124 Å². The van der Waals surface area contributed by atoms with Crippen molar-refractivity contribution in [2.45, 2.75) is 0 Å². The van der Waals surface area contributed by atoms with Gasteiger partial charge in [0.05, 0.1) is 11.0 Å². The molecular weight excluding hydrogens is 654 g/mol. The lowest BCUT2D eigenvalue weighted by Gasteiger charge is -2.50. The maximum Gasteiger partial charge on any atom is 0.251 e. The van der Waals surface area contributed by atoms with Crippen LogP contribution in [0.3, 0.4) is 0 Å². The largest absolute Gasteiger partial charge is 0.311 e. The molecule has 15 rings (SSSR count). The van der Waals surface area contributed by atoms with Gasteiger partial charge in [-0.05, 0) is 106 Å². The van der Waals surface area contributed by atoms with Crippen molar-refractivity contribution in [1.29, 1.82) is 0 Å². The molecule has 0 saturated heterocycles. The Morgan fingerprint density at radius 2 is 0.704 bits per heavy atom. The predicted octanol–water partition coefficient (Wildman–Crippen LogP) is 7.42. The van der Waals surface area contributed by atoms with E-state index in [1.165, 1.54) is 122 Å². The molecule has 4 nitrogen and oxygen atoms in total. The van der Waals surface area contributed by atoms with E-state index in [0.717, 1.165) is 0 Å². The van der Waals surface area contributed by atoms with E-state index in [-0.39, 0.29) is 13.4 Å². The molecule has 2 aromatic heterocycles. The number of anilines is 6. The van der Waals surface area contributed by atoms with Crippen LogP contribution in [0.15, 0.2) is 158 Å². The number of benzene rings is 8. The van der Waals surface area contributed by atoms with Crippen LogP contribution in [0.5, 0.6) is 0 Å². The summed E-state index contributed by atoms with van der Waals surface area (Å²) in [7, 11) is 0. The molecule has 0 unspecified atom stereocenters. The highest BCUT2D eigenvalue weighted by molar-refractivity contribution is 7.16. The van der Waals surface area contributed by atoms with Crippen LogP contribution in [-0.2, 0) is 0 Å². The molecule has 7 heterocycles. The summed E-state index contributed by atoms with van der Waals surface area (Å²) in [6, 6.07) is 59.4. The molecule has 5 aliphatic rings. The topological polar surface area (TPSA) is 16.3 Å². The van der Waals surface area contributed by atoms with Crippen LogP contribution in [-0.4, -0.2) is 22.6 Å². The highest BCUT2D eigenvalue weighted by atomic mass is 15.2. The Hall–Kier alpha value is -6.91. The molecule has 54 heavy (non-hydrogen) atoms. The molecule has 0 N–H and O–H groups in total. The first-order chi connectivity index (χ1) is 26.9. The molecule has 0 radical (unpaired) electrons. The zero-order valence-electron chi connectivity index (χ0n) is 29.0. The van der Waals surface area contributed by atoms with E-state index in [4.69, 9.17) is 0 Å². The number of aromatic nitrogens is 2.